The number of hydrogen-bond donors (Lipinski definition) is 0. The first-order valence-electron chi connectivity index (χ1n) is 21.9. The quantitative estimate of drug-likeness (QED) is 0.127. The van der Waals surface area contributed by atoms with Crippen LogP contribution in [0.5, 0.6) is 0 Å². The van der Waals surface area contributed by atoms with Gasteiger partial charge in [-0.1, -0.05) is 172 Å². The number of para-hydroxylation sites is 2. The van der Waals surface area contributed by atoms with Gasteiger partial charge in [-0.2, -0.15) is 0 Å². The molecule has 304 valence electrons. The number of benzene rings is 9. The molecule has 0 saturated heterocycles. The first kappa shape index (κ1) is 39.5. The fraction of sp³-hybridized carbons (Fsp3) is 0.0820. The molecule has 63 heavy (non-hydrogen) atoms. The zero-order chi connectivity index (χ0) is 42.9. The van der Waals surface area contributed by atoms with Crippen LogP contribution in [0.2, 0.25) is 0 Å². The molecule has 0 radical (unpaired) electrons. The summed E-state index contributed by atoms with van der Waals surface area (Å²) < 4.78 is 0. The maximum atomic E-state index is 2.41. The van der Waals surface area contributed by atoms with E-state index in [1.165, 1.54) is 78.1 Å². The van der Waals surface area contributed by atoms with Gasteiger partial charge in [-0.3, -0.25) is 0 Å². The van der Waals surface area contributed by atoms with Crippen molar-refractivity contribution < 1.29 is 0 Å². The third kappa shape index (κ3) is 7.89. The molecule has 10 rings (SSSR count). The molecule has 9 aromatic rings. The van der Waals surface area contributed by atoms with Crippen LogP contribution < -0.4 is 9.80 Å². The Bertz CT molecular complexity index is 2990. The number of anilines is 6. The topological polar surface area (TPSA) is 6.48 Å². The largest absolute Gasteiger partial charge is 0.311 e. The maximum Gasteiger partial charge on any atom is 0.0466 e. The SMILES string of the molecule is Cc1cc(C)cc(N(c2ccc(-c3ccc(C=Cc4ccc(-c5ccc(N(c6ccccc6)c6ccccc6)cc5)cc4)cc3)cc2)c2ccc3c(c2)C(C)(C)c2ccccc2-3)c1. The fourth-order valence-corrected chi connectivity index (χ4v) is 9.33. The number of hydrogen-bond acceptors (Lipinski definition) is 2. The summed E-state index contributed by atoms with van der Waals surface area (Å²) in [4.78, 5) is 4.70. The molecule has 0 heterocycles. The van der Waals surface area contributed by atoms with Gasteiger partial charge >= 0.3 is 0 Å². The van der Waals surface area contributed by atoms with Gasteiger partial charge < -0.3 is 9.80 Å². The Morgan fingerprint density at radius 1 is 0.317 bits per heavy atom. The van der Waals surface area contributed by atoms with E-state index >= 15 is 0 Å². The standard InChI is InChI=1S/C61H50N2/c1-43-39-44(2)41-56(40-43)63(55-37-38-58-57-17-11-12-18-59(57)61(3,4)60(58)42-55)54-35-31-50(32-36-54)48-27-23-46(24-28-48)20-19-45-21-25-47(26-22-45)49-29-33-53(34-30-49)62(51-13-7-5-8-14-51)52-15-9-6-10-16-52/h5-42H,1-4H3. The molecule has 0 fully saturated rings. The highest BCUT2D eigenvalue weighted by Gasteiger charge is 2.35. The predicted molar refractivity (Wildman–Crippen MR) is 269 cm³/mol. The van der Waals surface area contributed by atoms with Gasteiger partial charge in [0.15, 0.2) is 0 Å². The molecule has 0 bridgehead atoms. The molecule has 0 saturated carbocycles. The van der Waals surface area contributed by atoms with Gasteiger partial charge in [0, 0.05) is 39.5 Å². The lowest BCUT2D eigenvalue weighted by atomic mass is 9.82. The minimum Gasteiger partial charge on any atom is -0.311 e. The summed E-state index contributed by atoms with van der Waals surface area (Å²) in [5.41, 5.74) is 21.8. The maximum absolute atomic E-state index is 2.41. The summed E-state index contributed by atoms with van der Waals surface area (Å²) in [6, 6.07) is 79.3. The first-order valence-corrected chi connectivity index (χ1v) is 21.9. The highest BCUT2D eigenvalue weighted by molar-refractivity contribution is 5.86. The van der Waals surface area contributed by atoms with E-state index in [1.54, 1.807) is 0 Å². The van der Waals surface area contributed by atoms with Gasteiger partial charge in [0.1, 0.15) is 0 Å². The zero-order valence-corrected chi connectivity index (χ0v) is 36.3. The molecule has 9 aromatic carbocycles. The summed E-state index contributed by atoms with van der Waals surface area (Å²) in [6.45, 7) is 9.07. The molecule has 0 unspecified atom stereocenters. The molecule has 0 spiro atoms. The fourth-order valence-electron chi connectivity index (χ4n) is 9.33. The molecule has 1 aliphatic carbocycles. The Morgan fingerprint density at radius 3 is 1.19 bits per heavy atom. The van der Waals surface area contributed by atoms with Crippen LogP contribution in [-0.2, 0) is 5.41 Å². The molecular formula is C61H50N2. The van der Waals surface area contributed by atoms with E-state index in [0.29, 0.717) is 0 Å². The van der Waals surface area contributed by atoms with E-state index in [1.807, 2.05) is 0 Å². The smallest absolute Gasteiger partial charge is 0.0466 e. The normalized spacial score (nSPS) is 12.5. The van der Waals surface area contributed by atoms with Crippen LogP contribution in [0.15, 0.2) is 218 Å². The van der Waals surface area contributed by atoms with E-state index in [2.05, 4.69) is 268 Å². The van der Waals surface area contributed by atoms with Crippen molar-refractivity contribution in [3.8, 4) is 33.4 Å². The second-order valence-corrected chi connectivity index (χ2v) is 17.3. The van der Waals surface area contributed by atoms with Crippen molar-refractivity contribution >= 4 is 46.3 Å². The van der Waals surface area contributed by atoms with Crippen LogP contribution in [0.25, 0.3) is 45.5 Å². The highest BCUT2D eigenvalue weighted by atomic mass is 15.1. The average Bonchev–Trinajstić information content (AvgIpc) is 3.55. The van der Waals surface area contributed by atoms with Gasteiger partial charge in [-0.25, -0.2) is 0 Å². The number of fused-ring (bicyclic) bond motifs is 3. The van der Waals surface area contributed by atoms with Gasteiger partial charge in [0.25, 0.3) is 0 Å². The highest BCUT2D eigenvalue weighted by Crippen LogP contribution is 2.50. The lowest BCUT2D eigenvalue weighted by Crippen LogP contribution is -2.16. The van der Waals surface area contributed by atoms with Crippen molar-refractivity contribution in [2.75, 3.05) is 9.80 Å². The van der Waals surface area contributed by atoms with E-state index in [4.69, 9.17) is 0 Å². The van der Waals surface area contributed by atoms with Crippen LogP contribution in [0.1, 0.15) is 47.2 Å². The number of aryl methyl sites for hydroxylation is 2. The first-order chi connectivity index (χ1) is 30.8. The minimum absolute atomic E-state index is 0.0737. The van der Waals surface area contributed by atoms with E-state index in [0.717, 1.165) is 22.7 Å². The Morgan fingerprint density at radius 2 is 0.698 bits per heavy atom. The molecule has 0 amide bonds. The van der Waals surface area contributed by atoms with Crippen molar-refractivity contribution in [2.24, 2.45) is 0 Å². The zero-order valence-electron chi connectivity index (χ0n) is 36.3. The molecule has 0 atom stereocenters. The number of nitrogens with zero attached hydrogens (tertiary/aromatic N) is 2. The summed E-state index contributed by atoms with van der Waals surface area (Å²) in [5.74, 6) is 0. The van der Waals surface area contributed by atoms with E-state index < -0.39 is 0 Å². The molecule has 2 heteroatoms. The monoisotopic (exact) mass is 810 g/mol. The van der Waals surface area contributed by atoms with Crippen LogP contribution in [-0.4, -0.2) is 0 Å². The second-order valence-electron chi connectivity index (χ2n) is 17.3. The minimum atomic E-state index is -0.0737. The van der Waals surface area contributed by atoms with Crippen LogP contribution in [0.3, 0.4) is 0 Å². The lowest BCUT2D eigenvalue weighted by Gasteiger charge is -2.29. The summed E-state index contributed by atoms with van der Waals surface area (Å²) in [5, 5.41) is 0. The molecule has 2 nitrogen and oxygen atoms in total. The van der Waals surface area contributed by atoms with Crippen LogP contribution >= 0.6 is 0 Å². The van der Waals surface area contributed by atoms with Gasteiger partial charge in [0.05, 0.1) is 0 Å². The van der Waals surface area contributed by atoms with Gasteiger partial charge in [-0.05, 0) is 153 Å². The van der Waals surface area contributed by atoms with Crippen molar-refractivity contribution in [1.82, 2.24) is 0 Å². The second kappa shape index (κ2) is 16.6. The van der Waals surface area contributed by atoms with Gasteiger partial charge in [0.2, 0.25) is 0 Å². The third-order valence-corrected chi connectivity index (χ3v) is 12.5. The molecule has 0 aliphatic heterocycles. The summed E-state index contributed by atoms with van der Waals surface area (Å²) in [7, 11) is 0. The number of rotatable bonds is 10. The van der Waals surface area contributed by atoms with Crippen molar-refractivity contribution in [1.29, 1.82) is 0 Å². The van der Waals surface area contributed by atoms with Crippen LogP contribution in [0.4, 0.5) is 34.1 Å². The molecular weight excluding hydrogens is 761 g/mol. The molecule has 0 N–H and O–H groups in total. The molecule has 1 aliphatic rings. The summed E-state index contributed by atoms with van der Waals surface area (Å²) >= 11 is 0. The van der Waals surface area contributed by atoms with Crippen LogP contribution in [0, 0.1) is 13.8 Å². The Kier molecular flexibility index (Phi) is 10.4. The van der Waals surface area contributed by atoms with Gasteiger partial charge in [-0.15, -0.1) is 0 Å². The summed E-state index contributed by atoms with van der Waals surface area (Å²) in [6.07, 6.45) is 4.38. The lowest BCUT2D eigenvalue weighted by molar-refractivity contribution is 0.660. The average molecular weight is 811 g/mol. The van der Waals surface area contributed by atoms with Crippen molar-refractivity contribution in [3.05, 3.63) is 252 Å². The Labute approximate surface area is 372 Å². The van der Waals surface area contributed by atoms with E-state index in [9.17, 15) is 0 Å². The van der Waals surface area contributed by atoms with Crippen molar-refractivity contribution in [3.63, 3.8) is 0 Å². The van der Waals surface area contributed by atoms with Crippen molar-refractivity contribution in [2.45, 2.75) is 33.1 Å². The molecule has 0 aromatic heterocycles. The van der Waals surface area contributed by atoms with E-state index in [-0.39, 0.29) is 5.41 Å². The third-order valence-electron chi connectivity index (χ3n) is 12.5. The Hall–Kier alpha value is -7.68. The predicted octanol–water partition coefficient (Wildman–Crippen LogP) is 17.1. The Balaban J connectivity index is 0.847.